The van der Waals surface area contributed by atoms with E-state index in [4.69, 9.17) is 10.2 Å². The third-order valence-electron chi connectivity index (χ3n) is 4.34. The van der Waals surface area contributed by atoms with Crippen molar-refractivity contribution in [2.24, 2.45) is 0 Å². The van der Waals surface area contributed by atoms with Gasteiger partial charge in [-0.3, -0.25) is 14.3 Å². The highest BCUT2D eigenvalue weighted by atomic mass is 16.4. The maximum Gasteiger partial charge on any atom is 0.305 e. The Kier molecular flexibility index (Phi) is 4.85. The van der Waals surface area contributed by atoms with E-state index in [2.05, 4.69) is 17.3 Å². The Hall–Kier alpha value is -2.67. The summed E-state index contributed by atoms with van der Waals surface area (Å²) in [6.07, 6.45) is 0.924. The molecular formula is C18H22N4O3. The van der Waals surface area contributed by atoms with Crippen LogP contribution in [0, 0.1) is 0 Å². The van der Waals surface area contributed by atoms with Crippen LogP contribution in [0.3, 0.4) is 0 Å². The lowest BCUT2D eigenvalue weighted by Crippen LogP contribution is -2.27. The number of hydrogen-bond acceptors (Lipinski definition) is 4. The average molecular weight is 342 g/mol. The quantitative estimate of drug-likeness (QED) is 0.867. The van der Waals surface area contributed by atoms with Crippen molar-refractivity contribution in [1.29, 1.82) is 0 Å². The molecule has 0 spiro atoms. The summed E-state index contributed by atoms with van der Waals surface area (Å²) in [4.78, 5) is 24.3. The van der Waals surface area contributed by atoms with E-state index in [9.17, 15) is 9.59 Å². The zero-order valence-corrected chi connectivity index (χ0v) is 14.5. The Bertz CT molecular complexity index is 795. The van der Waals surface area contributed by atoms with Crippen molar-refractivity contribution in [2.75, 3.05) is 18.9 Å². The number of carbonyl (C=O) groups is 2. The van der Waals surface area contributed by atoms with Crippen LogP contribution in [0.5, 0.6) is 0 Å². The van der Waals surface area contributed by atoms with E-state index in [0.29, 0.717) is 6.54 Å². The number of aromatic nitrogens is 2. The summed E-state index contributed by atoms with van der Waals surface area (Å²) in [6, 6.07) is 7.58. The van der Waals surface area contributed by atoms with Gasteiger partial charge in [-0.1, -0.05) is 12.1 Å². The minimum absolute atomic E-state index is 0.0604. The molecule has 3 rings (SSSR count). The molecule has 25 heavy (non-hydrogen) atoms. The number of aryl methyl sites for hydroxylation is 1. The number of carboxylic acid groups (broad SMARTS) is 1. The van der Waals surface area contributed by atoms with Gasteiger partial charge in [0.25, 0.3) is 0 Å². The molecule has 2 heterocycles. The second kappa shape index (κ2) is 7.06. The van der Waals surface area contributed by atoms with Crippen molar-refractivity contribution >= 4 is 17.6 Å². The molecule has 0 radical (unpaired) electrons. The highest BCUT2D eigenvalue weighted by Gasteiger charge is 2.24. The molecule has 0 saturated heterocycles. The Morgan fingerprint density at radius 1 is 1.28 bits per heavy atom. The molecule has 0 atom stereocenters. The van der Waals surface area contributed by atoms with Crippen LogP contribution in [-0.2, 0) is 29.1 Å². The molecule has 2 N–H and O–H groups in total. The lowest BCUT2D eigenvalue weighted by atomic mass is 10.0. The number of likely N-dealkylation sites (N-methyl/N-ethyl adjacent to an activating group) is 1. The fourth-order valence-electron chi connectivity index (χ4n) is 3.16. The average Bonchev–Trinajstić information content (AvgIpc) is 2.91. The van der Waals surface area contributed by atoms with Crippen LogP contribution in [0.1, 0.15) is 24.6 Å². The minimum atomic E-state index is -0.821. The van der Waals surface area contributed by atoms with Crippen molar-refractivity contribution in [2.45, 2.75) is 32.9 Å². The first-order valence-corrected chi connectivity index (χ1v) is 8.31. The van der Waals surface area contributed by atoms with E-state index in [0.717, 1.165) is 47.7 Å². The van der Waals surface area contributed by atoms with Crippen molar-refractivity contribution in [3.05, 3.63) is 35.5 Å². The van der Waals surface area contributed by atoms with E-state index in [1.54, 1.807) is 0 Å². The van der Waals surface area contributed by atoms with Gasteiger partial charge in [0.05, 0.1) is 18.7 Å². The molecule has 2 aromatic rings. The first kappa shape index (κ1) is 17.2. The topological polar surface area (TPSA) is 87.5 Å². The summed E-state index contributed by atoms with van der Waals surface area (Å²) in [6.45, 7) is 3.59. The van der Waals surface area contributed by atoms with Crippen molar-refractivity contribution in [3.63, 3.8) is 0 Å². The molecule has 132 valence electrons. The number of carbonyl (C=O) groups excluding carboxylic acids is 1. The summed E-state index contributed by atoms with van der Waals surface area (Å²) in [7, 11) is 2.07. The molecular weight excluding hydrogens is 320 g/mol. The number of aliphatic carboxylic acids is 1. The highest BCUT2D eigenvalue weighted by Crippen LogP contribution is 2.30. The third-order valence-corrected chi connectivity index (χ3v) is 4.34. The zero-order chi connectivity index (χ0) is 18.0. The summed E-state index contributed by atoms with van der Waals surface area (Å²) >= 11 is 0. The van der Waals surface area contributed by atoms with Crippen LogP contribution >= 0.6 is 0 Å². The van der Waals surface area contributed by atoms with Gasteiger partial charge in [0.15, 0.2) is 0 Å². The number of benzene rings is 1. The van der Waals surface area contributed by atoms with Gasteiger partial charge in [-0.2, -0.15) is 5.10 Å². The molecule has 0 aliphatic carbocycles. The Balaban J connectivity index is 1.94. The SMILES string of the molecule is CC(=O)Nc1ccc(-c2nn(CCC(=O)O)c3c2CN(C)CC3)cc1. The standard InChI is InChI=1S/C18H22N4O3/c1-12(23)19-14-5-3-13(4-6-14)18-15-11-21(2)9-7-16(15)22(20-18)10-8-17(24)25/h3-6H,7-11H2,1-2H3,(H,19,23)(H,24,25). The molecule has 1 aromatic carbocycles. The fraction of sp³-hybridized carbons (Fsp3) is 0.389. The van der Waals surface area contributed by atoms with Gasteiger partial charge in [-0.15, -0.1) is 0 Å². The fourth-order valence-corrected chi connectivity index (χ4v) is 3.16. The Morgan fingerprint density at radius 2 is 2.00 bits per heavy atom. The number of amides is 1. The third kappa shape index (κ3) is 3.88. The number of rotatable bonds is 5. The lowest BCUT2D eigenvalue weighted by Gasteiger charge is -2.23. The van der Waals surface area contributed by atoms with Crippen molar-refractivity contribution < 1.29 is 14.7 Å². The van der Waals surface area contributed by atoms with E-state index in [1.807, 2.05) is 28.9 Å². The van der Waals surface area contributed by atoms with Gasteiger partial charge in [0.2, 0.25) is 5.91 Å². The normalized spacial score (nSPS) is 14.2. The smallest absolute Gasteiger partial charge is 0.305 e. The molecule has 0 fully saturated rings. The van der Waals surface area contributed by atoms with Gasteiger partial charge in [0, 0.05) is 48.9 Å². The van der Waals surface area contributed by atoms with Crippen LogP contribution in [0.4, 0.5) is 5.69 Å². The second-order valence-corrected chi connectivity index (χ2v) is 6.39. The zero-order valence-electron chi connectivity index (χ0n) is 14.5. The van der Waals surface area contributed by atoms with E-state index in [1.165, 1.54) is 6.92 Å². The Labute approximate surface area is 146 Å². The van der Waals surface area contributed by atoms with Crippen molar-refractivity contribution in [3.8, 4) is 11.3 Å². The number of nitrogens with one attached hydrogen (secondary N) is 1. The first-order chi connectivity index (χ1) is 11.9. The number of anilines is 1. The number of hydrogen-bond donors (Lipinski definition) is 2. The number of nitrogens with zero attached hydrogens (tertiary/aromatic N) is 3. The highest BCUT2D eigenvalue weighted by molar-refractivity contribution is 5.89. The van der Waals surface area contributed by atoms with Gasteiger partial charge < -0.3 is 15.3 Å². The maximum absolute atomic E-state index is 11.1. The Morgan fingerprint density at radius 3 is 2.64 bits per heavy atom. The van der Waals surface area contributed by atoms with Crippen LogP contribution in [0.25, 0.3) is 11.3 Å². The summed E-state index contributed by atoms with van der Waals surface area (Å²) in [5.41, 5.74) is 4.88. The van der Waals surface area contributed by atoms with Gasteiger partial charge in [0.1, 0.15) is 0 Å². The number of carboxylic acids is 1. The largest absolute Gasteiger partial charge is 0.481 e. The van der Waals surface area contributed by atoms with Gasteiger partial charge >= 0.3 is 5.97 Å². The van der Waals surface area contributed by atoms with Gasteiger partial charge in [-0.05, 0) is 19.2 Å². The molecule has 0 unspecified atom stereocenters. The maximum atomic E-state index is 11.1. The molecule has 1 aliphatic rings. The number of fused-ring (bicyclic) bond motifs is 1. The molecule has 1 aliphatic heterocycles. The molecule has 0 saturated carbocycles. The van der Waals surface area contributed by atoms with Crippen LogP contribution < -0.4 is 5.32 Å². The van der Waals surface area contributed by atoms with Crippen LogP contribution in [0.2, 0.25) is 0 Å². The molecule has 1 aromatic heterocycles. The van der Waals surface area contributed by atoms with Crippen LogP contribution in [0.15, 0.2) is 24.3 Å². The van der Waals surface area contributed by atoms with Crippen molar-refractivity contribution in [1.82, 2.24) is 14.7 Å². The summed E-state index contributed by atoms with van der Waals surface area (Å²) in [5.74, 6) is -0.928. The summed E-state index contributed by atoms with van der Waals surface area (Å²) < 4.78 is 1.84. The van der Waals surface area contributed by atoms with E-state index in [-0.39, 0.29) is 12.3 Å². The lowest BCUT2D eigenvalue weighted by molar-refractivity contribution is -0.137. The molecule has 0 bridgehead atoms. The van der Waals surface area contributed by atoms with Gasteiger partial charge in [-0.25, -0.2) is 0 Å². The molecule has 7 nitrogen and oxygen atoms in total. The molecule has 7 heteroatoms. The predicted molar refractivity (Wildman–Crippen MR) is 94.3 cm³/mol. The summed E-state index contributed by atoms with van der Waals surface area (Å²) in [5, 5.41) is 16.4. The second-order valence-electron chi connectivity index (χ2n) is 6.39. The molecule has 1 amide bonds. The first-order valence-electron chi connectivity index (χ1n) is 8.31. The predicted octanol–water partition coefficient (Wildman–Crippen LogP) is 1.97. The van der Waals surface area contributed by atoms with E-state index < -0.39 is 5.97 Å². The monoisotopic (exact) mass is 342 g/mol. The van der Waals surface area contributed by atoms with Crippen LogP contribution in [-0.4, -0.2) is 45.3 Å². The van der Waals surface area contributed by atoms with E-state index >= 15 is 0 Å². The minimum Gasteiger partial charge on any atom is -0.481 e.